The minimum absolute atomic E-state index is 0.0221. The van der Waals surface area contributed by atoms with Crippen LogP contribution in [-0.4, -0.2) is 38.6 Å². The highest BCUT2D eigenvalue weighted by molar-refractivity contribution is 6.32. The maximum atomic E-state index is 11.7. The zero-order chi connectivity index (χ0) is 15.2. The average Bonchev–Trinajstić information content (AvgIpc) is 2.87. The first-order valence-electron chi connectivity index (χ1n) is 6.45. The largest absolute Gasteiger partial charge is 0.396 e. The van der Waals surface area contributed by atoms with E-state index in [1.807, 2.05) is 6.92 Å². The Kier molecular flexibility index (Phi) is 5.13. The van der Waals surface area contributed by atoms with Crippen molar-refractivity contribution in [2.75, 3.05) is 11.9 Å². The Bertz CT molecular complexity index is 616. The molecule has 0 aliphatic heterocycles. The molecule has 0 fully saturated rings. The normalized spacial score (nSPS) is 12.0. The van der Waals surface area contributed by atoms with E-state index in [-0.39, 0.29) is 18.7 Å². The third-order valence-electron chi connectivity index (χ3n) is 2.73. The molecule has 8 heteroatoms. The quantitative estimate of drug-likeness (QED) is 0.785. The molecule has 2 amide bonds. The van der Waals surface area contributed by atoms with Crippen LogP contribution < -0.4 is 10.6 Å². The number of aliphatic hydroxyl groups excluding tert-OH is 1. The number of hydrogen-bond donors (Lipinski definition) is 3. The Morgan fingerprint density at radius 3 is 3.05 bits per heavy atom. The van der Waals surface area contributed by atoms with Crippen LogP contribution in [-0.2, 0) is 0 Å². The zero-order valence-electron chi connectivity index (χ0n) is 11.5. The van der Waals surface area contributed by atoms with Gasteiger partial charge >= 0.3 is 6.03 Å². The van der Waals surface area contributed by atoms with Crippen LogP contribution in [0.1, 0.15) is 13.3 Å². The van der Waals surface area contributed by atoms with Crippen molar-refractivity contribution < 1.29 is 9.90 Å². The summed E-state index contributed by atoms with van der Waals surface area (Å²) in [4.78, 5) is 15.8. The SMILES string of the molecule is C[C@H](CCO)NC(=O)Nc1ccn(-c2ncccc2Cl)n1. The molecule has 7 nitrogen and oxygen atoms in total. The predicted molar refractivity (Wildman–Crippen MR) is 79.7 cm³/mol. The fourth-order valence-corrected chi connectivity index (χ4v) is 1.90. The van der Waals surface area contributed by atoms with Crippen LogP contribution in [0, 0.1) is 0 Å². The van der Waals surface area contributed by atoms with Crippen LogP contribution in [0.3, 0.4) is 0 Å². The molecule has 0 spiro atoms. The molecule has 0 bridgehead atoms. The first kappa shape index (κ1) is 15.3. The van der Waals surface area contributed by atoms with Crippen molar-refractivity contribution in [1.82, 2.24) is 20.1 Å². The molecule has 0 unspecified atom stereocenters. The number of anilines is 1. The zero-order valence-corrected chi connectivity index (χ0v) is 12.2. The van der Waals surface area contributed by atoms with Crippen LogP contribution in [0.15, 0.2) is 30.6 Å². The molecule has 2 heterocycles. The van der Waals surface area contributed by atoms with E-state index >= 15 is 0 Å². The minimum atomic E-state index is -0.381. The second-order valence-electron chi connectivity index (χ2n) is 4.47. The van der Waals surface area contributed by atoms with E-state index in [4.69, 9.17) is 16.7 Å². The van der Waals surface area contributed by atoms with E-state index in [1.165, 1.54) is 4.68 Å². The van der Waals surface area contributed by atoms with Gasteiger partial charge in [-0.15, -0.1) is 5.10 Å². The lowest BCUT2D eigenvalue weighted by molar-refractivity contribution is 0.241. The van der Waals surface area contributed by atoms with Crippen molar-refractivity contribution in [3.63, 3.8) is 0 Å². The highest BCUT2D eigenvalue weighted by Crippen LogP contribution is 2.17. The van der Waals surface area contributed by atoms with Crippen LogP contribution in [0.25, 0.3) is 5.82 Å². The summed E-state index contributed by atoms with van der Waals surface area (Å²) in [5, 5.41) is 18.7. The van der Waals surface area contributed by atoms with Gasteiger partial charge in [0.1, 0.15) is 0 Å². The molecule has 0 saturated carbocycles. The van der Waals surface area contributed by atoms with Gasteiger partial charge in [-0.3, -0.25) is 5.32 Å². The fourth-order valence-electron chi connectivity index (χ4n) is 1.70. The van der Waals surface area contributed by atoms with Crippen molar-refractivity contribution in [3.8, 4) is 5.82 Å². The Hall–Kier alpha value is -2.12. The maximum Gasteiger partial charge on any atom is 0.320 e. The van der Waals surface area contributed by atoms with Gasteiger partial charge in [-0.25, -0.2) is 14.5 Å². The number of nitrogens with zero attached hydrogens (tertiary/aromatic N) is 3. The molecule has 0 aliphatic carbocycles. The number of pyridine rings is 1. The maximum absolute atomic E-state index is 11.7. The molecule has 0 aromatic carbocycles. The lowest BCUT2D eigenvalue weighted by Gasteiger charge is -2.12. The monoisotopic (exact) mass is 309 g/mol. The van der Waals surface area contributed by atoms with Crippen molar-refractivity contribution in [2.45, 2.75) is 19.4 Å². The van der Waals surface area contributed by atoms with Gasteiger partial charge in [-0.2, -0.15) is 0 Å². The number of hydrogen-bond acceptors (Lipinski definition) is 4. The fraction of sp³-hybridized carbons (Fsp3) is 0.308. The first-order chi connectivity index (χ1) is 10.1. The second kappa shape index (κ2) is 7.05. The summed E-state index contributed by atoms with van der Waals surface area (Å²) in [5.41, 5.74) is 0. The molecule has 2 rings (SSSR count). The third-order valence-corrected chi connectivity index (χ3v) is 3.02. The number of amides is 2. The summed E-state index contributed by atoms with van der Waals surface area (Å²) in [6.45, 7) is 1.83. The number of aliphatic hydroxyl groups is 1. The van der Waals surface area contributed by atoms with Gasteiger partial charge in [0.05, 0.1) is 5.02 Å². The van der Waals surface area contributed by atoms with Crippen molar-refractivity contribution in [1.29, 1.82) is 0 Å². The molecule has 3 N–H and O–H groups in total. The molecular weight excluding hydrogens is 294 g/mol. The number of carbonyl (C=O) groups excluding carboxylic acids is 1. The summed E-state index contributed by atoms with van der Waals surface area (Å²) in [7, 11) is 0. The van der Waals surface area contributed by atoms with Gasteiger partial charge in [0.2, 0.25) is 0 Å². The molecule has 2 aromatic heterocycles. The van der Waals surface area contributed by atoms with Gasteiger partial charge < -0.3 is 10.4 Å². The van der Waals surface area contributed by atoms with E-state index in [1.54, 1.807) is 30.6 Å². The molecule has 0 saturated heterocycles. The predicted octanol–water partition coefficient (Wildman–Crippen LogP) is 1.81. The molecule has 112 valence electrons. The lowest BCUT2D eigenvalue weighted by atomic mass is 10.2. The Balaban J connectivity index is 2.01. The van der Waals surface area contributed by atoms with E-state index < -0.39 is 0 Å². The molecule has 21 heavy (non-hydrogen) atoms. The van der Waals surface area contributed by atoms with E-state index in [0.29, 0.717) is 23.1 Å². The van der Waals surface area contributed by atoms with E-state index in [2.05, 4.69) is 20.7 Å². The average molecular weight is 310 g/mol. The van der Waals surface area contributed by atoms with Crippen LogP contribution in [0.2, 0.25) is 5.02 Å². The molecular formula is C13H16ClN5O2. The number of carbonyl (C=O) groups is 1. The summed E-state index contributed by atoms with van der Waals surface area (Å²) in [5.74, 6) is 0.867. The number of nitrogens with one attached hydrogen (secondary N) is 2. The Morgan fingerprint density at radius 2 is 2.33 bits per heavy atom. The third kappa shape index (κ3) is 4.17. The van der Waals surface area contributed by atoms with Gasteiger partial charge in [0.15, 0.2) is 11.6 Å². The second-order valence-corrected chi connectivity index (χ2v) is 4.87. The number of halogens is 1. The summed E-state index contributed by atoms with van der Waals surface area (Å²) < 4.78 is 1.48. The van der Waals surface area contributed by atoms with E-state index in [0.717, 1.165) is 0 Å². The molecule has 0 aliphatic rings. The van der Waals surface area contributed by atoms with Gasteiger partial charge in [0, 0.05) is 31.1 Å². The number of rotatable bonds is 5. The molecule has 1 atom stereocenters. The summed E-state index contributed by atoms with van der Waals surface area (Å²) >= 11 is 6.03. The smallest absolute Gasteiger partial charge is 0.320 e. The van der Waals surface area contributed by atoms with Gasteiger partial charge in [0.25, 0.3) is 0 Å². The first-order valence-corrected chi connectivity index (χ1v) is 6.83. The van der Waals surface area contributed by atoms with Crippen molar-refractivity contribution in [2.24, 2.45) is 0 Å². The molecule has 0 radical (unpaired) electrons. The van der Waals surface area contributed by atoms with Crippen LogP contribution in [0.5, 0.6) is 0 Å². The number of aromatic nitrogens is 3. The highest BCUT2D eigenvalue weighted by atomic mass is 35.5. The lowest BCUT2D eigenvalue weighted by Crippen LogP contribution is -2.36. The van der Waals surface area contributed by atoms with Gasteiger partial charge in [-0.05, 0) is 25.5 Å². The van der Waals surface area contributed by atoms with Crippen molar-refractivity contribution >= 4 is 23.4 Å². The van der Waals surface area contributed by atoms with E-state index in [9.17, 15) is 4.79 Å². The van der Waals surface area contributed by atoms with Crippen molar-refractivity contribution in [3.05, 3.63) is 35.6 Å². The summed E-state index contributed by atoms with van der Waals surface area (Å²) in [6.07, 6.45) is 3.76. The highest BCUT2D eigenvalue weighted by Gasteiger charge is 2.10. The topological polar surface area (TPSA) is 92.1 Å². The minimum Gasteiger partial charge on any atom is -0.396 e. The van der Waals surface area contributed by atoms with Crippen LogP contribution in [0.4, 0.5) is 10.6 Å². The number of urea groups is 1. The summed E-state index contributed by atoms with van der Waals surface area (Å²) in [6, 6.07) is 4.57. The standard InChI is InChI=1S/C13H16ClN5O2/c1-9(5-8-20)16-13(21)17-11-4-7-19(18-11)12-10(14)3-2-6-15-12/h2-4,6-7,9,20H,5,8H2,1H3,(H2,16,17,18,21)/t9-/m1/s1. The van der Waals surface area contributed by atoms with Gasteiger partial charge in [-0.1, -0.05) is 11.6 Å². The van der Waals surface area contributed by atoms with Crippen LogP contribution >= 0.6 is 11.6 Å². The Labute approximate surface area is 126 Å². The molecule has 2 aromatic rings. The Morgan fingerprint density at radius 1 is 1.52 bits per heavy atom.